The maximum atomic E-state index is 12.3. The number of rotatable bonds is 2. The summed E-state index contributed by atoms with van der Waals surface area (Å²) in [7, 11) is 1.74. The van der Waals surface area contributed by atoms with Crippen LogP contribution >= 0.6 is 23.8 Å². The summed E-state index contributed by atoms with van der Waals surface area (Å²) in [6.45, 7) is 1.75. The van der Waals surface area contributed by atoms with Crippen LogP contribution in [0.4, 0.5) is 5.69 Å². The predicted molar refractivity (Wildman–Crippen MR) is 86.1 cm³/mol. The van der Waals surface area contributed by atoms with Crippen molar-refractivity contribution in [2.45, 2.75) is 6.92 Å². The van der Waals surface area contributed by atoms with Gasteiger partial charge in [-0.3, -0.25) is 14.9 Å². The number of nitrogens with two attached hydrogens (primary N) is 1. The Kier molecular flexibility index (Phi) is 4.44. The van der Waals surface area contributed by atoms with Gasteiger partial charge in [0.25, 0.3) is 5.91 Å². The largest absolute Gasteiger partial charge is 0.374 e. The van der Waals surface area contributed by atoms with Gasteiger partial charge in [-0.15, -0.1) is 0 Å². The molecule has 0 fully saturated rings. The fraction of sp³-hybridized carbons (Fsp3) is 0.154. The maximum Gasteiger partial charge on any atom is 0.273 e. The van der Waals surface area contributed by atoms with Crippen LogP contribution in [-0.2, 0) is 7.05 Å². The van der Waals surface area contributed by atoms with E-state index in [1.54, 1.807) is 49.1 Å². The van der Waals surface area contributed by atoms with Crippen molar-refractivity contribution in [3.63, 3.8) is 0 Å². The Labute approximate surface area is 132 Å². The molecule has 6 nitrogen and oxygen atoms in total. The highest BCUT2D eigenvalue weighted by Crippen LogP contribution is 2.17. The molecule has 21 heavy (non-hydrogen) atoms. The summed E-state index contributed by atoms with van der Waals surface area (Å²) in [5, 5.41) is 6.04. The summed E-state index contributed by atoms with van der Waals surface area (Å²) in [5.41, 5.74) is 10.0. The number of nitrogens with one attached hydrogen (secondary N) is 1. The van der Waals surface area contributed by atoms with Crippen molar-refractivity contribution in [2.75, 3.05) is 5.01 Å². The third-order valence-electron chi connectivity index (χ3n) is 2.78. The third-order valence-corrected chi connectivity index (χ3v) is 3.21. The van der Waals surface area contributed by atoms with E-state index in [1.807, 2.05) is 0 Å². The van der Waals surface area contributed by atoms with Gasteiger partial charge in [0.15, 0.2) is 5.11 Å². The Bertz CT molecular complexity index is 682. The molecular formula is C13H14ClN5OS. The number of hydrogen-bond donors (Lipinski definition) is 2. The first-order valence-corrected chi connectivity index (χ1v) is 6.83. The molecule has 1 aromatic carbocycles. The summed E-state index contributed by atoms with van der Waals surface area (Å²) in [4.78, 5) is 12.3. The van der Waals surface area contributed by atoms with Crippen LogP contribution in [0.25, 0.3) is 0 Å². The number of halogens is 1. The SMILES string of the molecule is Cc1nn(C)cc1C(=O)NN(C(N)=S)c1ccc(Cl)cc1. The van der Waals surface area contributed by atoms with E-state index in [1.165, 1.54) is 5.01 Å². The molecule has 0 bridgehead atoms. The fourth-order valence-electron chi connectivity index (χ4n) is 1.82. The van der Waals surface area contributed by atoms with Crippen molar-refractivity contribution in [1.82, 2.24) is 15.2 Å². The highest BCUT2D eigenvalue weighted by atomic mass is 35.5. The molecule has 0 aliphatic heterocycles. The number of benzene rings is 1. The number of nitrogens with zero attached hydrogens (tertiary/aromatic N) is 3. The highest BCUT2D eigenvalue weighted by molar-refractivity contribution is 7.80. The van der Waals surface area contributed by atoms with Crippen molar-refractivity contribution in [3.05, 3.63) is 46.7 Å². The zero-order valence-electron chi connectivity index (χ0n) is 11.5. The highest BCUT2D eigenvalue weighted by Gasteiger charge is 2.17. The molecule has 0 unspecified atom stereocenters. The molecular weight excluding hydrogens is 310 g/mol. The molecule has 110 valence electrons. The molecule has 1 aromatic heterocycles. The van der Waals surface area contributed by atoms with E-state index in [9.17, 15) is 4.79 Å². The zero-order valence-corrected chi connectivity index (χ0v) is 13.1. The van der Waals surface area contributed by atoms with Crippen molar-refractivity contribution in [1.29, 1.82) is 0 Å². The van der Waals surface area contributed by atoms with E-state index in [-0.39, 0.29) is 11.0 Å². The molecule has 0 saturated carbocycles. The average Bonchev–Trinajstić information content (AvgIpc) is 2.76. The Morgan fingerprint density at radius 1 is 1.43 bits per heavy atom. The van der Waals surface area contributed by atoms with Gasteiger partial charge in [0, 0.05) is 18.3 Å². The van der Waals surface area contributed by atoms with Crippen LogP contribution in [0.5, 0.6) is 0 Å². The van der Waals surface area contributed by atoms with Crippen LogP contribution in [0.1, 0.15) is 16.1 Å². The molecule has 0 atom stereocenters. The van der Waals surface area contributed by atoms with E-state index >= 15 is 0 Å². The van der Waals surface area contributed by atoms with Gasteiger partial charge in [-0.05, 0) is 43.4 Å². The second kappa shape index (κ2) is 6.11. The first-order chi connectivity index (χ1) is 9.88. The molecule has 0 spiro atoms. The molecule has 1 amide bonds. The minimum absolute atomic E-state index is 0.0206. The Morgan fingerprint density at radius 3 is 2.52 bits per heavy atom. The van der Waals surface area contributed by atoms with Crippen molar-refractivity contribution in [2.24, 2.45) is 12.8 Å². The van der Waals surface area contributed by atoms with Gasteiger partial charge in [0.05, 0.1) is 16.9 Å². The molecule has 0 saturated heterocycles. The number of aryl methyl sites for hydroxylation is 2. The number of hydrogen-bond acceptors (Lipinski definition) is 3. The van der Waals surface area contributed by atoms with Gasteiger partial charge in [-0.25, -0.2) is 5.01 Å². The molecule has 0 aliphatic carbocycles. The van der Waals surface area contributed by atoms with E-state index in [2.05, 4.69) is 10.5 Å². The van der Waals surface area contributed by atoms with Crippen LogP contribution in [0, 0.1) is 6.92 Å². The first-order valence-electron chi connectivity index (χ1n) is 6.05. The van der Waals surface area contributed by atoms with E-state index < -0.39 is 0 Å². The van der Waals surface area contributed by atoms with Gasteiger partial charge in [-0.1, -0.05) is 11.6 Å². The molecule has 2 rings (SSSR count). The number of carbonyl (C=O) groups excluding carboxylic acids is 1. The molecule has 0 radical (unpaired) electrons. The second-order valence-electron chi connectivity index (χ2n) is 4.39. The van der Waals surface area contributed by atoms with Gasteiger partial charge in [0.1, 0.15) is 0 Å². The van der Waals surface area contributed by atoms with Gasteiger partial charge in [-0.2, -0.15) is 5.10 Å². The quantitative estimate of drug-likeness (QED) is 0.651. The van der Waals surface area contributed by atoms with Gasteiger partial charge >= 0.3 is 0 Å². The maximum absolute atomic E-state index is 12.3. The Hall–Kier alpha value is -2.12. The molecule has 2 aromatic rings. The molecule has 8 heteroatoms. The third kappa shape index (κ3) is 3.50. The van der Waals surface area contributed by atoms with E-state index in [0.717, 1.165) is 0 Å². The zero-order chi connectivity index (χ0) is 15.6. The van der Waals surface area contributed by atoms with Crippen LogP contribution in [0.2, 0.25) is 5.02 Å². The van der Waals surface area contributed by atoms with Crippen molar-refractivity contribution < 1.29 is 4.79 Å². The Morgan fingerprint density at radius 2 is 2.05 bits per heavy atom. The van der Waals surface area contributed by atoms with E-state index in [0.29, 0.717) is 22.0 Å². The summed E-state index contributed by atoms with van der Waals surface area (Å²) in [5.74, 6) is -0.344. The number of amides is 1. The summed E-state index contributed by atoms with van der Waals surface area (Å²) >= 11 is 10.8. The predicted octanol–water partition coefficient (Wildman–Crippen LogP) is 1.78. The summed E-state index contributed by atoms with van der Waals surface area (Å²) < 4.78 is 1.57. The minimum atomic E-state index is -0.344. The van der Waals surface area contributed by atoms with Crippen molar-refractivity contribution in [3.8, 4) is 0 Å². The number of carbonyl (C=O) groups is 1. The van der Waals surface area contributed by atoms with Crippen LogP contribution in [0.15, 0.2) is 30.5 Å². The standard InChI is InChI=1S/C13H14ClN5OS/c1-8-11(7-18(2)16-8)12(20)17-19(13(15)21)10-5-3-9(14)4-6-10/h3-7H,1-2H3,(H2,15,21)(H,17,20). The topological polar surface area (TPSA) is 76.2 Å². The minimum Gasteiger partial charge on any atom is -0.374 e. The average molecular weight is 324 g/mol. The monoisotopic (exact) mass is 323 g/mol. The lowest BCUT2D eigenvalue weighted by atomic mass is 10.2. The molecule has 1 heterocycles. The molecule has 0 aliphatic rings. The van der Waals surface area contributed by atoms with Gasteiger partial charge < -0.3 is 5.73 Å². The normalized spacial score (nSPS) is 10.2. The van der Waals surface area contributed by atoms with Crippen LogP contribution < -0.4 is 16.2 Å². The lowest BCUT2D eigenvalue weighted by molar-refractivity contribution is 0.0954. The van der Waals surface area contributed by atoms with E-state index in [4.69, 9.17) is 29.6 Å². The second-order valence-corrected chi connectivity index (χ2v) is 5.25. The first kappa shape index (κ1) is 15.3. The summed E-state index contributed by atoms with van der Waals surface area (Å²) in [6.07, 6.45) is 1.63. The Balaban J connectivity index is 2.24. The fourth-order valence-corrected chi connectivity index (χ4v) is 2.10. The summed E-state index contributed by atoms with van der Waals surface area (Å²) in [6, 6.07) is 6.78. The van der Waals surface area contributed by atoms with Crippen LogP contribution in [0.3, 0.4) is 0 Å². The number of anilines is 1. The number of thiocarbonyl (C=S) groups is 1. The van der Waals surface area contributed by atoms with Gasteiger partial charge in [0.2, 0.25) is 0 Å². The smallest absolute Gasteiger partial charge is 0.273 e. The van der Waals surface area contributed by atoms with Crippen molar-refractivity contribution >= 4 is 40.5 Å². The number of hydrazine groups is 1. The number of aromatic nitrogens is 2. The van der Waals surface area contributed by atoms with Crippen LogP contribution in [-0.4, -0.2) is 20.8 Å². The lowest BCUT2D eigenvalue weighted by Crippen LogP contribution is -2.49. The molecule has 3 N–H and O–H groups in total. The lowest BCUT2D eigenvalue weighted by Gasteiger charge is -2.23.